The zero-order valence-corrected chi connectivity index (χ0v) is 13.5. The molecule has 2 rings (SSSR count). The molecule has 0 saturated heterocycles. The summed E-state index contributed by atoms with van der Waals surface area (Å²) in [5.74, 6) is 2.40. The molecular weight excluding hydrogens is 266 g/mol. The van der Waals surface area contributed by atoms with E-state index in [-0.39, 0.29) is 6.10 Å². The lowest BCUT2D eigenvalue weighted by atomic mass is 9.86. The first kappa shape index (κ1) is 16.4. The van der Waals surface area contributed by atoms with Crippen LogP contribution in [0.3, 0.4) is 0 Å². The van der Waals surface area contributed by atoms with Gasteiger partial charge in [-0.3, -0.25) is 0 Å². The van der Waals surface area contributed by atoms with E-state index in [0.29, 0.717) is 17.9 Å². The second-order valence-electron chi connectivity index (χ2n) is 6.51. The standard InChI is InChI=1S/C16H29N3O2/c1-4-15-18-16(21-19-15)12-5-7-13(8-6-12)17-10-9-14(20)11(2)3/h11-14,17,20H,4-10H2,1-3H3. The normalized spacial score (nSPS) is 24.4. The number of hydrogen-bond donors (Lipinski definition) is 2. The van der Waals surface area contributed by atoms with Crippen LogP contribution in [0.1, 0.15) is 70.5 Å². The van der Waals surface area contributed by atoms with Gasteiger partial charge >= 0.3 is 0 Å². The first-order chi connectivity index (χ1) is 10.1. The Bertz CT molecular complexity index is 411. The molecule has 0 aromatic carbocycles. The third-order valence-corrected chi connectivity index (χ3v) is 4.52. The Labute approximate surface area is 127 Å². The van der Waals surface area contributed by atoms with Gasteiger partial charge in [0.25, 0.3) is 0 Å². The highest BCUT2D eigenvalue weighted by molar-refractivity contribution is 4.97. The van der Waals surface area contributed by atoms with Crippen LogP contribution in [0.15, 0.2) is 4.52 Å². The molecule has 120 valence electrons. The van der Waals surface area contributed by atoms with Crippen molar-refractivity contribution < 1.29 is 9.63 Å². The molecule has 1 aliphatic rings. The largest absolute Gasteiger partial charge is 0.393 e. The summed E-state index contributed by atoms with van der Waals surface area (Å²) in [4.78, 5) is 4.45. The molecule has 0 amide bonds. The predicted molar refractivity (Wildman–Crippen MR) is 82.1 cm³/mol. The smallest absolute Gasteiger partial charge is 0.229 e. The summed E-state index contributed by atoms with van der Waals surface area (Å²) in [6, 6.07) is 0.564. The molecule has 0 spiro atoms. The summed E-state index contributed by atoms with van der Waals surface area (Å²) in [7, 11) is 0. The van der Waals surface area contributed by atoms with E-state index < -0.39 is 0 Å². The van der Waals surface area contributed by atoms with Crippen molar-refractivity contribution in [1.29, 1.82) is 0 Å². The third-order valence-electron chi connectivity index (χ3n) is 4.52. The Morgan fingerprint density at radius 2 is 2.00 bits per heavy atom. The van der Waals surface area contributed by atoms with Crippen LogP contribution in [0.4, 0.5) is 0 Å². The number of nitrogens with zero attached hydrogens (tertiary/aromatic N) is 2. The minimum atomic E-state index is -0.195. The monoisotopic (exact) mass is 295 g/mol. The van der Waals surface area contributed by atoms with E-state index in [4.69, 9.17) is 4.52 Å². The number of aromatic nitrogens is 2. The Morgan fingerprint density at radius 3 is 2.57 bits per heavy atom. The van der Waals surface area contributed by atoms with Gasteiger partial charge in [-0.1, -0.05) is 25.9 Å². The summed E-state index contributed by atoms with van der Waals surface area (Å²) >= 11 is 0. The zero-order chi connectivity index (χ0) is 15.2. The number of aliphatic hydroxyl groups is 1. The van der Waals surface area contributed by atoms with E-state index in [2.05, 4.69) is 29.3 Å². The highest BCUT2D eigenvalue weighted by Gasteiger charge is 2.26. The van der Waals surface area contributed by atoms with E-state index in [1.807, 2.05) is 6.92 Å². The molecule has 21 heavy (non-hydrogen) atoms. The minimum absolute atomic E-state index is 0.195. The summed E-state index contributed by atoms with van der Waals surface area (Å²) in [5, 5.41) is 17.4. The molecule has 1 aromatic heterocycles. The van der Waals surface area contributed by atoms with Crippen molar-refractivity contribution in [2.45, 2.75) is 77.4 Å². The summed E-state index contributed by atoms with van der Waals surface area (Å²) in [5.41, 5.74) is 0. The predicted octanol–water partition coefficient (Wildman–Crippen LogP) is 2.65. The fourth-order valence-corrected chi connectivity index (χ4v) is 2.89. The molecule has 0 radical (unpaired) electrons. The van der Waals surface area contributed by atoms with Crippen LogP contribution in [0.2, 0.25) is 0 Å². The molecule has 1 heterocycles. The average molecular weight is 295 g/mol. The second kappa shape index (κ2) is 7.90. The molecule has 5 heteroatoms. The van der Waals surface area contributed by atoms with Crippen LogP contribution in [0.5, 0.6) is 0 Å². The fraction of sp³-hybridized carbons (Fsp3) is 0.875. The summed E-state index contributed by atoms with van der Waals surface area (Å²) in [6.45, 7) is 7.06. The van der Waals surface area contributed by atoms with E-state index in [1.165, 1.54) is 0 Å². The van der Waals surface area contributed by atoms with E-state index in [1.54, 1.807) is 0 Å². The number of aryl methyl sites for hydroxylation is 1. The van der Waals surface area contributed by atoms with Crippen molar-refractivity contribution in [3.05, 3.63) is 11.7 Å². The van der Waals surface area contributed by atoms with Crippen molar-refractivity contribution in [3.63, 3.8) is 0 Å². The topological polar surface area (TPSA) is 71.2 Å². The van der Waals surface area contributed by atoms with Gasteiger partial charge in [-0.05, 0) is 44.6 Å². The summed E-state index contributed by atoms with van der Waals surface area (Å²) in [6.07, 6.45) is 5.98. The van der Waals surface area contributed by atoms with Crippen molar-refractivity contribution in [1.82, 2.24) is 15.5 Å². The number of rotatable bonds is 7. The summed E-state index contributed by atoms with van der Waals surface area (Å²) < 4.78 is 5.35. The van der Waals surface area contributed by atoms with E-state index in [0.717, 1.165) is 56.8 Å². The SMILES string of the molecule is CCc1noc(C2CCC(NCCC(O)C(C)C)CC2)n1. The molecule has 1 fully saturated rings. The van der Waals surface area contributed by atoms with Crippen LogP contribution in [-0.4, -0.2) is 33.9 Å². The first-order valence-corrected chi connectivity index (χ1v) is 8.34. The maximum absolute atomic E-state index is 9.80. The van der Waals surface area contributed by atoms with Gasteiger partial charge in [0.1, 0.15) is 0 Å². The molecule has 1 unspecified atom stereocenters. The van der Waals surface area contributed by atoms with Crippen LogP contribution >= 0.6 is 0 Å². The van der Waals surface area contributed by atoms with Gasteiger partial charge < -0.3 is 14.9 Å². The highest BCUT2D eigenvalue weighted by atomic mass is 16.5. The van der Waals surface area contributed by atoms with Gasteiger partial charge in [0, 0.05) is 18.4 Å². The van der Waals surface area contributed by atoms with Gasteiger partial charge in [-0.25, -0.2) is 0 Å². The molecule has 1 saturated carbocycles. The van der Waals surface area contributed by atoms with Gasteiger partial charge in [0.15, 0.2) is 5.82 Å². The molecular formula is C16H29N3O2. The average Bonchev–Trinajstić information content (AvgIpc) is 2.96. The highest BCUT2D eigenvalue weighted by Crippen LogP contribution is 2.31. The Morgan fingerprint density at radius 1 is 1.29 bits per heavy atom. The Hall–Kier alpha value is -0.940. The lowest BCUT2D eigenvalue weighted by Gasteiger charge is -2.27. The Kier molecular flexibility index (Phi) is 6.18. The van der Waals surface area contributed by atoms with Crippen LogP contribution < -0.4 is 5.32 Å². The molecule has 2 N–H and O–H groups in total. The molecule has 1 atom stereocenters. The second-order valence-corrected chi connectivity index (χ2v) is 6.51. The third kappa shape index (κ3) is 4.78. The molecule has 1 aromatic rings. The minimum Gasteiger partial charge on any atom is -0.393 e. The van der Waals surface area contributed by atoms with Crippen molar-refractivity contribution >= 4 is 0 Å². The van der Waals surface area contributed by atoms with Crippen molar-refractivity contribution in [2.75, 3.05) is 6.54 Å². The van der Waals surface area contributed by atoms with E-state index >= 15 is 0 Å². The maximum atomic E-state index is 9.80. The number of aliphatic hydroxyl groups excluding tert-OH is 1. The fourth-order valence-electron chi connectivity index (χ4n) is 2.89. The number of nitrogens with one attached hydrogen (secondary N) is 1. The van der Waals surface area contributed by atoms with Gasteiger partial charge in [-0.2, -0.15) is 4.98 Å². The lowest BCUT2D eigenvalue weighted by Crippen LogP contribution is -2.35. The molecule has 5 nitrogen and oxygen atoms in total. The lowest BCUT2D eigenvalue weighted by molar-refractivity contribution is 0.114. The number of hydrogen-bond acceptors (Lipinski definition) is 5. The Balaban J connectivity index is 1.68. The first-order valence-electron chi connectivity index (χ1n) is 8.34. The molecule has 0 bridgehead atoms. The van der Waals surface area contributed by atoms with Crippen molar-refractivity contribution in [2.24, 2.45) is 5.92 Å². The zero-order valence-electron chi connectivity index (χ0n) is 13.5. The van der Waals surface area contributed by atoms with Gasteiger partial charge in [0.05, 0.1) is 6.10 Å². The maximum Gasteiger partial charge on any atom is 0.229 e. The van der Waals surface area contributed by atoms with Crippen LogP contribution in [0, 0.1) is 5.92 Å². The van der Waals surface area contributed by atoms with Gasteiger partial charge in [-0.15, -0.1) is 0 Å². The van der Waals surface area contributed by atoms with E-state index in [9.17, 15) is 5.11 Å². The van der Waals surface area contributed by atoms with Crippen LogP contribution in [0.25, 0.3) is 0 Å². The van der Waals surface area contributed by atoms with Crippen molar-refractivity contribution in [3.8, 4) is 0 Å². The quantitative estimate of drug-likeness (QED) is 0.809. The molecule has 1 aliphatic carbocycles. The van der Waals surface area contributed by atoms with Gasteiger partial charge in [0.2, 0.25) is 5.89 Å². The molecule has 0 aliphatic heterocycles. The van der Waals surface area contributed by atoms with Crippen LogP contribution in [-0.2, 0) is 6.42 Å².